The van der Waals surface area contributed by atoms with E-state index in [1.807, 2.05) is 13.0 Å². The van der Waals surface area contributed by atoms with Crippen LogP contribution in [0.5, 0.6) is 0 Å². The molecule has 0 saturated carbocycles. The van der Waals surface area contributed by atoms with Crippen LogP contribution in [-0.2, 0) is 5.75 Å². The lowest BCUT2D eigenvalue weighted by Gasteiger charge is -2.04. The SMILES string of the molecule is Cc1sc(C(=O)O)cc1CSc1cc(Cl)ccc1Cl. The van der Waals surface area contributed by atoms with Gasteiger partial charge >= 0.3 is 5.97 Å². The van der Waals surface area contributed by atoms with Crippen molar-refractivity contribution in [2.24, 2.45) is 0 Å². The quantitative estimate of drug-likeness (QED) is 0.766. The smallest absolute Gasteiger partial charge is 0.345 e. The molecule has 0 bridgehead atoms. The Morgan fingerprint density at radius 1 is 1.37 bits per heavy atom. The Morgan fingerprint density at radius 2 is 2.11 bits per heavy atom. The molecule has 100 valence electrons. The number of aromatic carboxylic acids is 1. The molecule has 0 amide bonds. The van der Waals surface area contributed by atoms with Gasteiger partial charge in [0, 0.05) is 20.5 Å². The summed E-state index contributed by atoms with van der Waals surface area (Å²) in [4.78, 5) is 13.2. The lowest BCUT2D eigenvalue weighted by atomic mass is 10.3. The molecule has 1 heterocycles. The zero-order valence-electron chi connectivity index (χ0n) is 9.94. The first-order valence-electron chi connectivity index (χ1n) is 5.38. The van der Waals surface area contributed by atoms with Gasteiger partial charge in [-0.2, -0.15) is 0 Å². The highest BCUT2D eigenvalue weighted by molar-refractivity contribution is 7.98. The number of carboxylic acids is 1. The molecule has 1 aromatic heterocycles. The second-order valence-corrected chi connectivity index (χ2v) is 6.98. The highest BCUT2D eigenvalue weighted by Crippen LogP contribution is 2.34. The maximum atomic E-state index is 10.9. The molecule has 0 unspecified atom stereocenters. The van der Waals surface area contributed by atoms with Gasteiger partial charge in [0.15, 0.2) is 0 Å². The molecule has 0 aliphatic carbocycles. The first-order valence-corrected chi connectivity index (χ1v) is 7.93. The Bertz CT molecular complexity index is 623. The number of halogens is 2. The maximum absolute atomic E-state index is 10.9. The predicted octanol–water partition coefficient (Wildman–Crippen LogP) is 5.35. The molecule has 0 aliphatic rings. The summed E-state index contributed by atoms with van der Waals surface area (Å²) < 4.78 is 0. The van der Waals surface area contributed by atoms with Crippen molar-refractivity contribution in [2.45, 2.75) is 17.6 Å². The third kappa shape index (κ3) is 3.66. The molecule has 0 aliphatic heterocycles. The Kier molecular flexibility index (Phi) is 4.79. The Hall–Kier alpha value is -0.680. The van der Waals surface area contributed by atoms with E-state index < -0.39 is 5.97 Å². The third-order valence-electron chi connectivity index (χ3n) is 2.51. The number of carboxylic acid groups (broad SMARTS) is 1. The van der Waals surface area contributed by atoms with Crippen LogP contribution in [0.3, 0.4) is 0 Å². The van der Waals surface area contributed by atoms with Crippen LogP contribution >= 0.6 is 46.3 Å². The van der Waals surface area contributed by atoms with E-state index in [1.165, 1.54) is 11.3 Å². The number of thioether (sulfide) groups is 1. The van der Waals surface area contributed by atoms with Gasteiger partial charge in [-0.05, 0) is 36.8 Å². The summed E-state index contributed by atoms with van der Waals surface area (Å²) >= 11 is 14.9. The average Bonchev–Trinajstić information content (AvgIpc) is 2.72. The fourth-order valence-corrected chi connectivity index (χ4v) is 4.03. The molecule has 0 fully saturated rings. The third-order valence-corrected chi connectivity index (χ3v) is 5.37. The molecule has 0 spiro atoms. The molecule has 2 aromatic rings. The van der Waals surface area contributed by atoms with E-state index >= 15 is 0 Å². The van der Waals surface area contributed by atoms with Gasteiger partial charge in [0.2, 0.25) is 0 Å². The molecule has 2 rings (SSSR count). The largest absolute Gasteiger partial charge is 0.477 e. The predicted molar refractivity (Wildman–Crippen MR) is 82.0 cm³/mol. The monoisotopic (exact) mass is 332 g/mol. The number of rotatable bonds is 4. The highest BCUT2D eigenvalue weighted by Gasteiger charge is 2.12. The van der Waals surface area contributed by atoms with Crippen molar-refractivity contribution in [1.29, 1.82) is 0 Å². The van der Waals surface area contributed by atoms with Crippen molar-refractivity contribution in [2.75, 3.05) is 0 Å². The van der Waals surface area contributed by atoms with E-state index in [4.69, 9.17) is 28.3 Å². The summed E-state index contributed by atoms with van der Waals surface area (Å²) in [5.41, 5.74) is 1.02. The highest BCUT2D eigenvalue weighted by atomic mass is 35.5. The molecular weight excluding hydrogens is 323 g/mol. The van der Waals surface area contributed by atoms with E-state index in [-0.39, 0.29) is 0 Å². The standard InChI is InChI=1S/C13H10Cl2O2S2/c1-7-8(4-12(19-7)13(16)17)6-18-11-5-9(14)2-3-10(11)15/h2-5H,6H2,1H3,(H,16,17). The topological polar surface area (TPSA) is 37.3 Å². The van der Waals surface area contributed by atoms with E-state index in [1.54, 1.807) is 30.0 Å². The second kappa shape index (κ2) is 6.18. The van der Waals surface area contributed by atoms with Gasteiger partial charge in [-0.3, -0.25) is 0 Å². The van der Waals surface area contributed by atoms with Gasteiger partial charge < -0.3 is 5.11 Å². The molecule has 0 saturated heterocycles. The summed E-state index contributed by atoms with van der Waals surface area (Å²) in [7, 11) is 0. The molecule has 2 nitrogen and oxygen atoms in total. The van der Waals surface area contributed by atoms with Gasteiger partial charge in [0.25, 0.3) is 0 Å². The fraction of sp³-hybridized carbons (Fsp3) is 0.154. The van der Waals surface area contributed by atoms with Crippen molar-refractivity contribution in [3.05, 3.63) is 49.6 Å². The second-order valence-electron chi connectivity index (χ2n) is 3.86. The number of carbonyl (C=O) groups is 1. The number of aryl methyl sites for hydroxylation is 1. The minimum absolute atomic E-state index is 0.366. The van der Waals surface area contributed by atoms with Gasteiger partial charge in [-0.1, -0.05) is 23.2 Å². The van der Waals surface area contributed by atoms with Gasteiger partial charge in [-0.25, -0.2) is 4.79 Å². The lowest BCUT2D eigenvalue weighted by molar-refractivity contribution is 0.0702. The number of thiophene rings is 1. The van der Waals surface area contributed by atoms with Crippen LogP contribution < -0.4 is 0 Å². The van der Waals surface area contributed by atoms with Crippen LogP contribution in [0.2, 0.25) is 10.0 Å². The molecule has 6 heteroatoms. The van der Waals surface area contributed by atoms with Crippen molar-refractivity contribution in [3.63, 3.8) is 0 Å². The van der Waals surface area contributed by atoms with Crippen LogP contribution in [0.25, 0.3) is 0 Å². The van der Waals surface area contributed by atoms with Crippen LogP contribution in [-0.4, -0.2) is 11.1 Å². The van der Waals surface area contributed by atoms with Crippen LogP contribution in [0.4, 0.5) is 0 Å². The zero-order valence-corrected chi connectivity index (χ0v) is 13.1. The normalized spacial score (nSPS) is 10.7. The minimum Gasteiger partial charge on any atom is -0.477 e. The van der Waals surface area contributed by atoms with E-state index in [9.17, 15) is 4.79 Å². The van der Waals surface area contributed by atoms with E-state index in [2.05, 4.69) is 0 Å². The molecular formula is C13H10Cl2O2S2. The lowest BCUT2D eigenvalue weighted by Crippen LogP contribution is -1.90. The molecule has 0 atom stereocenters. The van der Waals surface area contributed by atoms with Crippen LogP contribution in [0, 0.1) is 6.92 Å². The van der Waals surface area contributed by atoms with Crippen molar-refractivity contribution in [1.82, 2.24) is 0 Å². The van der Waals surface area contributed by atoms with Crippen molar-refractivity contribution in [3.8, 4) is 0 Å². The number of hydrogen-bond donors (Lipinski definition) is 1. The fourth-order valence-electron chi connectivity index (χ4n) is 1.51. The molecule has 1 aromatic carbocycles. The molecule has 1 N–H and O–H groups in total. The average molecular weight is 333 g/mol. The van der Waals surface area contributed by atoms with Gasteiger partial charge in [0.05, 0.1) is 5.02 Å². The Labute approximate surface area is 129 Å². The van der Waals surface area contributed by atoms with Gasteiger partial charge in [0.1, 0.15) is 4.88 Å². The zero-order chi connectivity index (χ0) is 14.0. The molecule has 0 radical (unpaired) electrons. The van der Waals surface area contributed by atoms with E-state index in [0.717, 1.165) is 15.3 Å². The van der Waals surface area contributed by atoms with Crippen molar-refractivity contribution >= 4 is 52.3 Å². The Morgan fingerprint density at radius 3 is 2.74 bits per heavy atom. The minimum atomic E-state index is -0.884. The number of hydrogen-bond acceptors (Lipinski definition) is 3. The number of benzene rings is 1. The van der Waals surface area contributed by atoms with Gasteiger partial charge in [-0.15, -0.1) is 23.1 Å². The summed E-state index contributed by atoms with van der Waals surface area (Å²) in [6, 6.07) is 7.03. The van der Waals surface area contributed by atoms with Crippen LogP contribution in [0.15, 0.2) is 29.2 Å². The summed E-state index contributed by atoms with van der Waals surface area (Å²) in [5.74, 6) is -0.208. The molecule has 19 heavy (non-hydrogen) atoms. The first-order chi connectivity index (χ1) is 8.97. The summed E-state index contributed by atoms with van der Waals surface area (Å²) in [6.45, 7) is 1.92. The van der Waals surface area contributed by atoms with E-state index in [0.29, 0.717) is 20.7 Å². The van der Waals surface area contributed by atoms with Crippen LogP contribution in [0.1, 0.15) is 20.1 Å². The van der Waals surface area contributed by atoms with Crippen molar-refractivity contribution < 1.29 is 9.90 Å². The Balaban J connectivity index is 2.14. The first kappa shape index (κ1) is 14.7. The summed E-state index contributed by atoms with van der Waals surface area (Å²) in [5, 5.41) is 10.2. The maximum Gasteiger partial charge on any atom is 0.345 e. The summed E-state index contributed by atoms with van der Waals surface area (Å²) in [6.07, 6.45) is 0.